The van der Waals surface area contributed by atoms with Crippen LogP contribution in [-0.4, -0.2) is 53.0 Å². The Bertz CT molecular complexity index is 1600. The molecular weight excluding hydrogens is 472 g/mol. The number of rotatable bonds is 7. The first-order valence-corrected chi connectivity index (χ1v) is 10.6. The zero-order valence-corrected chi connectivity index (χ0v) is 19.0. The number of imidazole rings is 1. The van der Waals surface area contributed by atoms with Gasteiger partial charge in [0.25, 0.3) is 5.88 Å². The Hall–Kier alpha value is -4.99. The molecule has 0 aliphatic heterocycles. The number of fused-ring (bicyclic) bond motifs is 1. The lowest BCUT2D eigenvalue weighted by Crippen LogP contribution is -2.21. The normalized spacial score (nSPS) is 11.9. The van der Waals surface area contributed by atoms with Crippen molar-refractivity contribution in [1.29, 1.82) is 5.26 Å². The van der Waals surface area contributed by atoms with Gasteiger partial charge in [-0.15, -0.1) is 5.10 Å². The second kappa shape index (κ2) is 9.34. The molecule has 4 heterocycles. The summed E-state index contributed by atoms with van der Waals surface area (Å²) in [5.74, 6) is -1.33. The monoisotopic (exact) mass is 489 g/mol. The van der Waals surface area contributed by atoms with Gasteiger partial charge >= 0.3 is 0 Å². The summed E-state index contributed by atoms with van der Waals surface area (Å²) in [7, 11) is 1.35. The maximum atomic E-state index is 14.5. The molecule has 0 radical (unpaired) electrons. The number of halogens is 2. The first-order valence-electron chi connectivity index (χ1n) is 10.6. The average molecular weight is 489 g/mol. The maximum Gasteiger partial charge on any atom is 0.251 e. The van der Waals surface area contributed by atoms with Crippen molar-refractivity contribution in [3.8, 4) is 40.3 Å². The minimum absolute atomic E-state index is 0.0939. The van der Waals surface area contributed by atoms with Crippen LogP contribution in [-0.2, 0) is 6.54 Å². The van der Waals surface area contributed by atoms with Gasteiger partial charge in [0.2, 0.25) is 0 Å². The number of methoxy groups -OCH3 is 1. The van der Waals surface area contributed by atoms with Crippen LogP contribution in [0, 0.1) is 23.0 Å². The predicted octanol–water partition coefficient (Wildman–Crippen LogP) is 3.07. The highest BCUT2D eigenvalue weighted by molar-refractivity contribution is 5.73. The SMILES string of the molecule is COc1cc(F)cc(-c2cnc3ccc(-c4ccc(F)c(OC(C)Cn5cnnn5)n4)nn23)c1C#N. The quantitative estimate of drug-likeness (QED) is 0.339. The molecule has 0 bridgehead atoms. The summed E-state index contributed by atoms with van der Waals surface area (Å²) >= 11 is 0. The summed E-state index contributed by atoms with van der Waals surface area (Å²) < 4.78 is 42.5. The fraction of sp³-hybridized carbons (Fsp3) is 0.174. The number of hydrogen-bond acceptors (Lipinski definition) is 9. The molecule has 36 heavy (non-hydrogen) atoms. The van der Waals surface area contributed by atoms with E-state index in [0.29, 0.717) is 29.3 Å². The Balaban J connectivity index is 1.53. The van der Waals surface area contributed by atoms with Gasteiger partial charge in [-0.3, -0.25) is 0 Å². The molecule has 0 saturated heterocycles. The average Bonchev–Trinajstić information content (AvgIpc) is 3.54. The number of nitrogens with zero attached hydrogens (tertiary/aromatic N) is 9. The van der Waals surface area contributed by atoms with E-state index in [4.69, 9.17) is 9.47 Å². The van der Waals surface area contributed by atoms with Gasteiger partial charge in [-0.2, -0.15) is 10.4 Å². The van der Waals surface area contributed by atoms with Crippen LogP contribution >= 0.6 is 0 Å². The molecule has 4 aromatic heterocycles. The molecule has 180 valence electrons. The Morgan fingerprint density at radius 2 is 1.97 bits per heavy atom. The van der Waals surface area contributed by atoms with Crippen LogP contribution in [0.2, 0.25) is 0 Å². The van der Waals surface area contributed by atoms with Gasteiger partial charge in [0, 0.05) is 11.6 Å². The van der Waals surface area contributed by atoms with E-state index in [1.807, 2.05) is 6.07 Å². The van der Waals surface area contributed by atoms with Crippen LogP contribution in [0.3, 0.4) is 0 Å². The van der Waals surface area contributed by atoms with Crippen molar-refractivity contribution < 1.29 is 18.3 Å². The van der Waals surface area contributed by atoms with Gasteiger partial charge < -0.3 is 9.47 Å². The van der Waals surface area contributed by atoms with Crippen molar-refractivity contribution >= 4 is 5.65 Å². The minimum atomic E-state index is -0.641. The molecule has 0 N–H and O–H groups in total. The Labute approximate surface area is 202 Å². The molecule has 0 spiro atoms. The molecule has 0 fully saturated rings. The van der Waals surface area contributed by atoms with Crippen LogP contribution in [0.1, 0.15) is 12.5 Å². The van der Waals surface area contributed by atoms with E-state index < -0.39 is 17.7 Å². The van der Waals surface area contributed by atoms with Crippen LogP contribution in [0.25, 0.3) is 28.3 Å². The van der Waals surface area contributed by atoms with E-state index in [0.717, 1.165) is 6.07 Å². The number of hydrogen-bond donors (Lipinski definition) is 0. The largest absolute Gasteiger partial charge is 0.495 e. The third kappa shape index (κ3) is 4.27. The third-order valence-electron chi connectivity index (χ3n) is 5.26. The Morgan fingerprint density at radius 1 is 1.14 bits per heavy atom. The zero-order chi connectivity index (χ0) is 25.2. The van der Waals surface area contributed by atoms with Crippen LogP contribution in [0.15, 0.2) is 48.9 Å². The highest BCUT2D eigenvalue weighted by Gasteiger charge is 2.19. The standard InChI is InChI=1S/C23H17F2N9O2/c1-13(11-33-12-28-31-32-33)36-23-17(25)3-4-18(29-23)19-5-6-22-27-10-20(34(22)30-19)15-7-14(24)8-21(35-2)16(15)9-26/h3-8,10,12-13H,11H2,1-2H3. The molecule has 5 aromatic rings. The van der Waals surface area contributed by atoms with Gasteiger partial charge in [-0.05, 0) is 47.7 Å². The highest BCUT2D eigenvalue weighted by Crippen LogP contribution is 2.32. The molecular formula is C23H17F2N9O2. The summed E-state index contributed by atoms with van der Waals surface area (Å²) in [5.41, 5.74) is 1.94. The lowest BCUT2D eigenvalue weighted by atomic mass is 10.0. The first kappa shape index (κ1) is 22.8. The van der Waals surface area contributed by atoms with E-state index in [1.165, 1.54) is 47.0 Å². The molecule has 0 aliphatic carbocycles. The van der Waals surface area contributed by atoms with Gasteiger partial charge in [-0.1, -0.05) is 0 Å². The third-order valence-corrected chi connectivity index (χ3v) is 5.26. The van der Waals surface area contributed by atoms with Gasteiger partial charge in [0.1, 0.15) is 41.3 Å². The summed E-state index contributed by atoms with van der Waals surface area (Å²) in [6, 6.07) is 10.4. The summed E-state index contributed by atoms with van der Waals surface area (Å²) in [6.45, 7) is 2.02. The molecule has 1 unspecified atom stereocenters. The van der Waals surface area contributed by atoms with Crippen molar-refractivity contribution in [2.24, 2.45) is 0 Å². The predicted molar refractivity (Wildman–Crippen MR) is 121 cm³/mol. The van der Waals surface area contributed by atoms with Crippen molar-refractivity contribution in [3.63, 3.8) is 0 Å². The van der Waals surface area contributed by atoms with E-state index in [2.05, 4.69) is 30.6 Å². The maximum absolute atomic E-state index is 14.5. The van der Waals surface area contributed by atoms with Gasteiger partial charge in [-0.25, -0.2) is 27.9 Å². The fourth-order valence-electron chi connectivity index (χ4n) is 3.66. The first-order chi connectivity index (χ1) is 17.5. The van der Waals surface area contributed by atoms with Crippen LogP contribution in [0.4, 0.5) is 8.78 Å². The van der Waals surface area contributed by atoms with E-state index in [1.54, 1.807) is 19.1 Å². The lowest BCUT2D eigenvalue weighted by Gasteiger charge is -2.14. The molecule has 0 amide bonds. The van der Waals surface area contributed by atoms with Gasteiger partial charge in [0.15, 0.2) is 11.5 Å². The molecule has 1 aromatic carbocycles. The topological polar surface area (TPSA) is 129 Å². The Kier molecular flexibility index (Phi) is 5.91. The number of ether oxygens (including phenoxy) is 2. The lowest BCUT2D eigenvalue weighted by molar-refractivity contribution is 0.177. The number of nitriles is 1. The second-order valence-corrected chi connectivity index (χ2v) is 7.72. The van der Waals surface area contributed by atoms with Crippen LogP contribution in [0.5, 0.6) is 11.6 Å². The molecule has 0 aliphatic rings. The van der Waals surface area contributed by atoms with Crippen LogP contribution < -0.4 is 9.47 Å². The zero-order valence-electron chi connectivity index (χ0n) is 19.0. The molecule has 1 atom stereocenters. The van der Waals surface area contributed by atoms with E-state index >= 15 is 0 Å². The van der Waals surface area contributed by atoms with E-state index in [-0.39, 0.29) is 22.8 Å². The molecule has 0 saturated carbocycles. The van der Waals surface area contributed by atoms with Gasteiger partial charge in [0.05, 0.1) is 31.2 Å². The number of pyridine rings is 1. The van der Waals surface area contributed by atoms with Crippen molar-refractivity contribution in [3.05, 3.63) is 66.1 Å². The van der Waals surface area contributed by atoms with E-state index in [9.17, 15) is 14.0 Å². The number of benzene rings is 1. The fourth-order valence-corrected chi connectivity index (χ4v) is 3.66. The molecule has 13 heteroatoms. The molecule has 11 nitrogen and oxygen atoms in total. The number of aromatic nitrogens is 8. The second-order valence-electron chi connectivity index (χ2n) is 7.72. The van der Waals surface area contributed by atoms with Crippen molar-refractivity contribution in [1.82, 2.24) is 39.8 Å². The number of tetrazole rings is 1. The smallest absolute Gasteiger partial charge is 0.251 e. The Morgan fingerprint density at radius 3 is 2.72 bits per heavy atom. The molecule has 5 rings (SSSR count). The minimum Gasteiger partial charge on any atom is -0.495 e. The summed E-state index contributed by atoms with van der Waals surface area (Å²) in [4.78, 5) is 8.59. The van der Waals surface area contributed by atoms with Crippen molar-refractivity contribution in [2.75, 3.05) is 7.11 Å². The summed E-state index contributed by atoms with van der Waals surface area (Å²) in [6.07, 6.45) is 2.43. The highest BCUT2D eigenvalue weighted by atomic mass is 19.1. The van der Waals surface area contributed by atoms with Crippen molar-refractivity contribution in [2.45, 2.75) is 19.6 Å². The summed E-state index contributed by atoms with van der Waals surface area (Å²) in [5, 5.41) is 25.1.